The van der Waals surface area contributed by atoms with Gasteiger partial charge in [-0.05, 0) is 43.7 Å². The zero-order valence-electron chi connectivity index (χ0n) is 8.67. The molecule has 78 valence electrons. The van der Waals surface area contributed by atoms with E-state index in [0.29, 0.717) is 0 Å². The summed E-state index contributed by atoms with van der Waals surface area (Å²) in [5, 5.41) is 5.83. The Morgan fingerprint density at radius 2 is 2.36 bits per heavy atom. The molecule has 1 N–H and O–H groups in total. The van der Waals surface area contributed by atoms with Gasteiger partial charge >= 0.3 is 0 Å². The van der Waals surface area contributed by atoms with E-state index in [1.807, 2.05) is 11.3 Å². The third-order valence-electron chi connectivity index (χ3n) is 2.98. The molecule has 0 aromatic carbocycles. The molecule has 1 aliphatic rings. The predicted octanol–water partition coefficient (Wildman–Crippen LogP) is 3.21. The molecule has 0 saturated carbocycles. The van der Waals surface area contributed by atoms with E-state index >= 15 is 0 Å². The Kier molecular flexibility index (Phi) is 4.02. The van der Waals surface area contributed by atoms with Gasteiger partial charge in [-0.25, -0.2) is 0 Å². The van der Waals surface area contributed by atoms with Crippen molar-refractivity contribution in [2.75, 3.05) is 6.54 Å². The molecule has 0 aliphatic carbocycles. The van der Waals surface area contributed by atoms with Gasteiger partial charge in [0.15, 0.2) is 0 Å². The predicted molar refractivity (Wildman–Crippen MR) is 62.9 cm³/mol. The molecule has 14 heavy (non-hydrogen) atoms. The second-order valence-corrected chi connectivity index (χ2v) is 5.15. The SMILES string of the molecule is c1csc(CCC2CCCCCN2)c1. The van der Waals surface area contributed by atoms with E-state index in [1.54, 1.807) is 0 Å². The van der Waals surface area contributed by atoms with E-state index in [0.717, 1.165) is 6.04 Å². The standard InChI is InChI=1S/C12H19NS/c1-2-5-11(13-9-3-1)7-8-12-6-4-10-14-12/h4,6,10-11,13H,1-3,5,7-9H2. The minimum Gasteiger partial charge on any atom is -0.314 e. The summed E-state index contributed by atoms with van der Waals surface area (Å²) < 4.78 is 0. The molecule has 1 aliphatic heterocycles. The Bertz CT molecular complexity index is 235. The van der Waals surface area contributed by atoms with Crippen molar-refractivity contribution in [2.24, 2.45) is 0 Å². The Morgan fingerprint density at radius 3 is 3.21 bits per heavy atom. The number of hydrogen-bond acceptors (Lipinski definition) is 2. The first-order valence-corrected chi connectivity index (χ1v) is 6.59. The van der Waals surface area contributed by atoms with Crippen LogP contribution in [-0.2, 0) is 6.42 Å². The van der Waals surface area contributed by atoms with Gasteiger partial charge in [0, 0.05) is 10.9 Å². The van der Waals surface area contributed by atoms with Crippen molar-refractivity contribution in [1.82, 2.24) is 5.32 Å². The lowest BCUT2D eigenvalue weighted by Crippen LogP contribution is -2.28. The van der Waals surface area contributed by atoms with Crippen LogP contribution in [0, 0.1) is 0 Å². The van der Waals surface area contributed by atoms with E-state index in [4.69, 9.17) is 0 Å². The summed E-state index contributed by atoms with van der Waals surface area (Å²) in [7, 11) is 0. The van der Waals surface area contributed by atoms with Gasteiger partial charge in [0.05, 0.1) is 0 Å². The molecule has 1 unspecified atom stereocenters. The monoisotopic (exact) mass is 209 g/mol. The second kappa shape index (κ2) is 5.52. The summed E-state index contributed by atoms with van der Waals surface area (Å²) in [5.74, 6) is 0. The quantitative estimate of drug-likeness (QED) is 0.806. The molecule has 0 spiro atoms. The molecule has 1 fully saturated rings. The van der Waals surface area contributed by atoms with Crippen LogP contribution in [0.4, 0.5) is 0 Å². The zero-order chi connectivity index (χ0) is 9.64. The largest absolute Gasteiger partial charge is 0.314 e. The Morgan fingerprint density at radius 1 is 1.36 bits per heavy atom. The summed E-state index contributed by atoms with van der Waals surface area (Å²) in [6, 6.07) is 5.18. The van der Waals surface area contributed by atoms with Crippen molar-refractivity contribution in [3.63, 3.8) is 0 Å². The maximum Gasteiger partial charge on any atom is 0.00705 e. The van der Waals surface area contributed by atoms with Gasteiger partial charge in [-0.3, -0.25) is 0 Å². The average molecular weight is 209 g/mol. The van der Waals surface area contributed by atoms with Gasteiger partial charge in [-0.2, -0.15) is 0 Å². The minimum atomic E-state index is 0.777. The van der Waals surface area contributed by atoms with Crippen LogP contribution in [0.1, 0.15) is 37.0 Å². The molecule has 1 nitrogen and oxygen atoms in total. The Labute approximate surface area is 90.5 Å². The molecular weight excluding hydrogens is 190 g/mol. The summed E-state index contributed by atoms with van der Waals surface area (Å²) in [6.07, 6.45) is 8.17. The number of nitrogens with one attached hydrogen (secondary N) is 1. The fourth-order valence-corrected chi connectivity index (χ4v) is 2.84. The number of aryl methyl sites for hydroxylation is 1. The maximum atomic E-state index is 3.65. The molecule has 0 amide bonds. The summed E-state index contributed by atoms with van der Waals surface area (Å²) in [6.45, 7) is 1.23. The minimum absolute atomic E-state index is 0.777. The molecule has 1 aromatic rings. The molecule has 1 atom stereocenters. The Hall–Kier alpha value is -0.340. The van der Waals surface area contributed by atoms with E-state index in [-0.39, 0.29) is 0 Å². The van der Waals surface area contributed by atoms with Gasteiger partial charge in [-0.15, -0.1) is 11.3 Å². The number of hydrogen-bond donors (Lipinski definition) is 1. The third kappa shape index (κ3) is 3.10. The molecule has 1 saturated heterocycles. The smallest absolute Gasteiger partial charge is 0.00705 e. The van der Waals surface area contributed by atoms with Gasteiger partial charge in [-0.1, -0.05) is 18.9 Å². The highest BCUT2D eigenvalue weighted by atomic mass is 32.1. The molecule has 2 heterocycles. The van der Waals surface area contributed by atoms with Crippen molar-refractivity contribution < 1.29 is 0 Å². The molecule has 0 bridgehead atoms. The van der Waals surface area contributed by atoms with Crippen LogP contribution in [0.15, 0.2) is 17.5 Å². The average Bonchev–Trinajstić information content (AvgIpc) is 2.58. The van der Waals surface area contributed by atoms with Crippen molar-refractivity contribution in [3.05, 3.63) is 22.4 Å². The first-order chi connectivity index (χ1) is 6.95. The third-order valence-corrected chi connectivity index (χ3v) is 3.92. The first kappa shape index (κ1) is 10.2. The second-order valence-electron chi connectivity index (χ2n) is 4.12. The van der Waals surface area contributed by atoms with Crippen LogP contribution >= 0.6 is 11.3 Å². The summed E-state index contributed by atoms with van der Waals surface area (Å²) in [5.41, 5.74) is 0. The highest BCUT2D eigenvalue weighted by Gasteiger charge is 2.10. The van der Waals surface area contributed by atoms with Gasteiger partial charge < -0.3 is 5.32 Å². The maximum absolute atomic E-state index is 3.65. The fraction of sp³-hybridized carbons (Fsp3) is 0.667. The van der Waals surface area contributed by atoms with E-state index in [9.17, 15) is 0 Å². The van der Waals surface area contributed by atoms with Crippen LogP contribution in [0.3, 0.4) is 0 Å². The first-order valence-electron chi connectivity index (χ1n) is 5.71. The highest BCUT2D eigenvalue weighted by Crippen LogP contribution is 2.16. The van der Waals surface area contributed by atoms with Crippen LogP contribution < -0.4 is 5.32 Å². The zero-order valence-corrected chi connectivity index (χ0v) is 9.48. The van der Waals surface area contributed by atoms with Gasteiger partial charge in [0.25, 0.3) is 0 Å². The summed E-state index contributed by atoms with van der Waals surface area (Å²) >= 11 is 1.89. The molecule has 0 radical (unpaired) electrons. The molecule has 2 heteroatoms. The van der Waals surface area contributed by atoms with Crippen molar-refractivity contribution in [1.29, 1.82) is 0 Å². The molecular formula is C12H19NS. The highest BCUT2D eigenvalue weighted by molar-refractivity contribution is 7.09. The van der Waals surface area contributed by atoms with Crippen LogP contribution in [0.2, 0.25) is 0 Å². The summed E-state index contributed by atoms with van der Waals surface area (Å²) in [4.78, 5) is 1.54. The van der Waals surface area contributed by atoms with Crippen molar-refractivity contribution in [2.45, 2.75) is 44.6 Å². The Balaban J connectivity index is 1.73. The van der Waals surface area contributed by atoms with Crippen LogP contribution in [0.25, 0.3) is 0 Å². The van der Waals surface area contributed by atoms with Crippen LogP contribution in [0.5, 0.6) is 0 Å². The number of thiophene rings is 1. The van der Waals surface area contributed by atoms with Crippen LogP contribution in [-0.4, -0.2) is 12.6 Å². The molecule has 1 aromatic heterocycles. The number of rotatable bonds is 3. The van der Waals surface area contributed by atoms with E-state index in [1.165, 1.54) is 49.9 Å². The normalized spacial score (nSPS) is 23.3. The van der Waals surface area contributed by atoms with E-state index < -0.39 is 0 Å². The lowest BCUT2D eigenvalue weighted by atomic mass is 10.1. The lowest BCUT2D eigenvalue weighted by molar-refractivity contribution is 0.479. The lowest BCUT2D eigenvalue weighted by Gasteiger charge is -2.14. The van der Waals surface area contributed by atoms with Gasteiger partial charge in [0.2, 0.25) is 0 Å². The topological polar surface area (TPSA) is 12.0 Å². The van der Waals surface area contributed by atoms with E-state index in [2.05, 4.69) is 22.8 Å². The molecule has 2 rings (SSSR count). The van der Waals surface area contributed by atoms with Crippen molar-refractivity contribution >= 4 is 11.3 Å². The van der Waals surface area contributed by atoms with Gasteiger partial charge in [0.1, 0.15) is 0 Å². The van der Waals surface area contributed by atoms with Crippen molar-refractivity contribution in [3.8, 4) is 0 Å². The fourth-order valence-electron chi connectivity index (χ4n) is 2.12.